The Morgan fingerprint density at radius 3 is 2.84 bits per heavy atom. The maximum Gasteiger partial charge on any atom is 0.255 e. The molecule has 1 N–H and O–H groups in total. The highest BCUT2D eigenvalue weighted by Gasteiger charge is 2.52. The van der Waals surface area contributed by atoms with E-state index in [1.165, 1.54) is 6.42 Å². The van der Waals surface area contributed by atoms with Crippen molar-refractivity contribution in [1.82, 2.24) is 4.98 Å². The van der Waals surface area contributed by atoms with E-state index in [0.717, 1.165) is 17.7 Å². The van der Waals surface area contributed by atoms with E-state index in [1.54, 1.807) is 6.20 Å². The predicted octanol–water partition coefficient (Wildman–Crippen LogP) is 3.31. The lowest BCUT2D eigenvalue weighted by Gasteiger charge is -2.53. The van der Waals surface area contributed by atoms with Gasteiger partial charge in [-0.3, -0.25) is 4.79 Å². The van der Waals surface area contributed by atoms with Crippen LogP contribution in [0.25, 0.3) is 0 Å². The van der Waals surface area contributed by atoms with Crippen molar-refractivity contribution < 1.29 is 4.74 Å². The smallest absolute Gasteiger partial charge is 0.255 e. The second kappa shape index (κ2) is 4.12. The Hall–Kier alpha value is -1.25. The van der Waals surface area contributed by atoms with Gasteiger partial charge in [-0.05, 0) is 37.7 Å². The first kappa shape index (κ1) is 12.8. The van der Waals surface area contributed by atoms with E-state index in [2.05, 4.69) is 32.7 Å². The number of pyridine rings is 1. The van der Waals surface area contributed by atoms with E-state index in [0.29, 0.717) is 17.8 Å². The van der Waals surface area contributed by atoms with Crippen molar-refractivity contribution in [2.24, 2.45) is 17.3 Å². The molecule has 1 fully saturated rings. The summed E-state index contributed by atoms with van der Waals surface area (Å²) in [5.74, 6) is 2.33. The van der Waals surface area contributed by atoms with Crippen molar-refractivity contribution in [3.05, 3.63) is 28.2 Å². The fourth-order valence-electron chi connectivity index (χ4n) is 4.61. The molecule has 0 spiro atoms. The zero-order chi connectivity index (χ0) is 13.8. The van der Waals surface area contributed by atoms with Crippen LogP contribution in [0.15, 0.2) is 17.1 Å². The van der Waals surface area contributed by atoms with Crippen LogP contribution in [-0.4, -0.2) is 11.1 Å². The van der Waals surface area contributed by atoms with Gasteiger partial charge in [-0.1, -0.05) is 20.8 Å². The number of hydrogen-bond acceptors (Lipinski definition) is 2. The van der Waals surface area contributed by atoms with Crippen LogP contribution in [0.4, 0.5) is 0 Å². The van der Waals surface area contributed by atoms with Gasteiger partial charge in [0.1, 0.15) is 11.9 Å². The Balaban J connectivity index is 2.19. The van der Waals surface area contributed by atoms with Gasteiger partial charge in [-0.25, -0.2) is 0 Å². The highest BCUT2D eigenvalue weighted by Crippen LogP contribution is 2.57. The number of H-pyrrole nitrogens is 1. The van der Waals surface area contributed by atoms with E-state index < -0.39 is 0 Å². The summed E-state index contributed by atoms with van der Waals surface area (Å²) in [6, 6.07) is 1.90. The molecule has 1 aliphatic heterocycles. The summed E-state index contributed by atoms with van der Waals surface area (Å²) < 4.78 is 6.06. The molecule has 1 aliphatic carbocycles. The van der Waals surface area contributed by atoms with Gasteiger partial charge < -0.3 is 9.72 Å². The van der Waals surface area contributed by atoms with Crippen molar-refractivity contribution in [3.63, 3.8) is 0 Å². The van der Waals surface area contributed by atoms with Crippen molar-refractivity contribution in [2.75, 3.05) is 0 Å². The van der Waals surface area contributed by atoms with E-state index in [-0.39, 0.29) is 17.1 Å². The zero-order valence-electron chi connectivity index (χ0n) is 12.2. The van der Waals surface area contributed by atoms with E-state index in [4.69, 9.17) is 4.74 Å². The lowest BCUT2D eigenvalue weighted by Crippen LogP contribution is -2.51. The minimum Gasteiger partial charge on any atom is -0.490 e. The van der Waals surface area contributed by atoms with E-state index in [1.807, 2.05) is 6.07 Å². The van der Waals surface area contributed by atoms with Crippen LogP contribution in [-0.2, 0) is 0 Å². The summed E-state index contributed by atoms with van der Waals surface area (Å²) in [5.41, 5.74) is 0.975. The molecule has 0 bridgehead atoms. The number of aromatic nitrogens is 1. The molecule has 0 radical (unpaired) electrons. The van der Waals surface area contributed by atoms with Crippen molar-refractivity contribution >= 4 is 0 Å². The number of nitrogens with one attached hydrogen (secondary N) is 1. The highest BCUT2D eigenvalue weighted by atomic mass is 16.5. The molecule has 0 aromatic carbocycles. The number of hydrogen-bond donors (Lipinski definition) is 1. The highest BCUT2D eigenvalue weighted by molar-refractivity contribution is 5.39. The lowest BCUT2D eigenvalue weighted by molar-refractivity contribution is -0.0355. The van der Waals surface area contributed by atoms with Gasteiger partial charge in [0.25, 0.3) is 5.56 Å². The first-order valence-electron chi connectivity index (χ1n) is 7.31. The molecular formula is C16H23NO2. The monoisotopic (exact) mass is 261 g/mol. The molecule has 3 heteroatoms. The Morgan fingerprint density at radius 1 is 1.37 bits per heavy atom. The molecule has 2 heterocycles. The summed E-state index contributed by atoms with van der Waals surface area (Å²) in [6.45, 7) is 9.05. The minimum atomic E-state index is 0.0297. The average Bonchev–Trinajstić information content (AvgIpc) is 2.30. The van der Waals surface area contributed by atoms with Crippen LogP contribution in [0.2, 0.25) is 0 Å². The molecule has 0 unspecified atom stereocenters. The largest absolute Gasteiger partial charge is 0.490 e. The third-order valence-corrected chi connectivity index (χ3v) is 5.34. The van der Waals surface area contributed by atoms with Gasteiger partial charge in [0, 0.05) is 17.5 Å². The summed E-state index contributed by atoms with van der Waals surface area (Å²) >= 11 is 0. The van der Waals surface area contributed by atoms with Crippen LogP contribution in [0.3, 0.4) is 0 Å². The van der Waals surface area contributed by atoms with Crippen LogP contribution in [0.1, 0.15) is 52.0 Å². The Bertz CT molecular complexity index is 550. The van der Waals surface area contributed by atoms with Gasteiger partial charge in [0.15, 0.2) is 0 Å². The summed E-state index contributed by atoms with van der Waals surface area (Å²) in [6.07, 6.45) is 4.18. The lowest BCUT2D eigenvalue weighted by atomic mass is 9.55. The molecule has 3 rings (SSSR count). The molecule has 3 nitrogen and oxygen atoms in total. The first-order chi connectivity index (χ1) is 8.93. The van der Waals surface area contributed by atoms with Gasteiger partial charge in [-0.15, -0.1) is 0 Å². The Labute approximate surface area is 114 Å². The number of ether oxygens (including phenoxy) is 1. The number of fused-ring (bicyclic) bond motifs is 3. The molecule has 19 heavy (non-hydrogen) atoms. The van der Waals surface area contributed by atoms with E-state index >= 15 is 0 Å². The van der Waals surface area contributed by atoms with Crippen molar-refractivity contribution in [1.29, 1.82) is 0 Å². The minimum absolute atomic E-state index is 0.0297. The molecule has 1 aromatic rings. The van der Waals surface area contributed by atoms with Crippen LogP contribution >= 0.6 is 0 Å². The SMILES string of the molecule is C[C@@H]1C[C@H](C)[C@H]2c3c(cc[nH]c3=O)O[C@H](C)[C@@]2(C)C1. The number of aromatic amines is 1. The van der Waals surface area contributed by atoms with Gasteiger partial charge in [0.2, 0.25) is 0 Å². The summed E-state index contributed by atoms with van der Waals surface area (Å²) in [5, 5.41) is 0. The van der Waals surface area contributed by atoms with Crippen molar-refractivity contribution in [3.8, 4) is 5.75 Å². The molecule has 0 amide bonds. The van der Waals surface area contributed by atoms with Crippen molar-refractivity contribution in [2.45, 2.75) is 52.6 Å². The quantitative estimate of drug-likeness (QED) is 0.778. The molecule has 104 valence electrons. The summed E-state index contributed by atoms with van der Waals surface area (Å²) in [4.78, 5) is 15.1. The Morgan fingerprint density at radius 2 is 2.11 bits per heavy atom. The fourth-order valence-corrected chi connectivity index (χ4v) is 4.61. The average molecular weight is 261 g/mol. The molecule has 0 saturated heterocycles. The predicted molar refractivity (Wildman–Crippen MR) is 75.6 cm³/mol. The Kier molecular flexibility index (Phi) is 2.77. The normalized spacial score (nSPS) is 41.1. The summed E-state index contributed by atoms with van der Waals surface area (Å²) in [7, 11) is 0. The topological polar surface area (TPSA) is 42.1 Å². The molecule has 1 saturated carbocycles. The maximum atomic E-state index is 12.3. The van der Waals surface area contributed by atoms with Gasteiger partial charge >= 0.3 is 0 Å². The van der Waals surface area contributed by atoms with E-state index in [9.17, 15) is 4.79 Å². The maximum absolute atomic E-state index is 12.3. The van der Waals surface area contributed by atoms with Crippen LogP contribution in [0, 0.1) is 17.3 Å². The van der Waals surface area contributed by atoms with Gasteiger partial charge in [-0.2, -0.15) is 0 Å². The standard InChI is InChI=1S/C16H23NO2/c1-9-7-10(2)14-13-12(5-6-17-15(13)18)19-11(3)16(14,4)8-9/h5-6,9-11,14H,7-8H2,1-4H3,(H,17,18)/t9-,10+,11-,14+,16-/m1/s1. The van der Waals surface area contributed by atoms with Gasteiger partial charge in [0.05, 0.1) is 5.56 Å². The molecular weight excluding hydrogens is 238 g/mol. The third kappa shape index (κ3) is 1.74. The van der Waals surface area contributed by atoms with Crippen LogP contribution in [0.5, 0.6) is 5.75 Å². The second-order valence-electron chi connectivity index (χ2n) is 6.85. The zero-order valence-corrected chi connectivity index (χ0v) is 12.2. The molecule has 2 aliphatic rings. The fraction of sp³-hybridized carbons (Fsp3) is 0.688. The second-order valence-corrected chi connectivity index (χ2v) is 6.85. The van der Waals surface area contributed by atoms with Crippen LogP contribution < -0.4 is 10.3 Å². The third-order valence-electron chi connectivity index (χ3n) is 5.34. The first-order valence-corrected chi connectivity index (χ1v) is 7.31. The number of rotatable bonds is 0. The molecule has 5 atom stereocenters. The molecule has 1 aromatic heterocycles.